The Hall–Kier alpha value is -2.77. The van der Waals surface area contributed by atoms with Crippen molar-refractivity contribution in [2.24, 2.45) is 0 Å². The molecule has 1 aromatic heterocycles. The van der Waals surface area contributed by atoms with Gasteiger partial charge >= 0.3 is 5.97 Å². The minimum absolute atomic E-state index is 0.0175. The Morgan fingerprint density at radius 1 is 1.06 bits per heavy atom. The summed E-state index contributed by atoms with van der Waals surface area (Å²) in [6, 6.07) is 10.3. The van der Waals surface area contributed by atoms with Gasteiger partial charge in [0.1, 0.15) is 11.4 Å². The van der Waals surface area contributed by atoms with Crippen molar-refractivity contribution in [3.05, 3.63) is 75.1 Å². The molecule has 0 aliphatic heterocycles. The number of aromatic nitrogens is 1. The monoisotopic (exact) mass is 503 g/mol. The zero-order chi connectivity index (χ0) is 25.2. The van der Waals surface area contributed by atoms with Crippen molar-refractivity contribution in [3.63, 3.8) is 0 Å². The maximum Gasteiger partial charge on any atom is 0.352 e. The van der Waals surface area contributed by atoms with Gasteiger partial charge in [0.05, 0.1) is 16.4 Å². The normalized spacial score (nSPS) is 11.6. The number of carboxylic acids is 1. The van der Waals surface area contributed by atoms with Gasteiger partial charge in [0.15, 0.2) is 0 Å². The first kappa shape index (κ1) is 25.8. The van der Waals surface area contributed by atoms with Crippen molar-refractivity contribution in [1.29, 1.82) is 0 Å². The van der Waals surface area contributed by atoms with Gasteiger partial charge in [-0.3, -0.25) is 0 Å². The number of hydrogen-bond acceptors (Lipinski definition) is 4. The summed E-state index contributed by atoms with van der Waals surface area (Å²) in [5, 5.41) is 10.7. The smallest absolute Gasteiger partial charge is 0.352 e. The fourth-order valence-electron chi connectivity index (χ4n) is 4.23. The zero-order valence-electron chi connectivity index (χ0n) is 20.1. The zero-order valence-corrected chi connectivity index (χ0v) is 21.7. The molecule has 0 amide bonds. The van der Waals surface area contributed by atoms with Crippen molar-refractivity contribution in [1.82, 2.24) is 4.57 Å². The lowest BCUT2D eigenvalue weighted by Crippen LogP contribution is -2.13. The average molecular weight is 504 g/mol. The standard InChI is InChI=1S/C26H30ClNO5S/c1-6-22-24(26(29)30)28(12-7-13-33-20-14-17(3)23(27)18(4)15-20)19(5)25(22)34(31,32)21-10-8-16(2)9-11-21/h8-11,14-15H,6-7,12-13H2,1-5H3,(H,29,30). The first-order valence-corrected chi connectivity index (χ1v) is 13.0. The second kappa shape index (κ2) is 10.2. The van der Waals surface area contributed by atoms with Crippen LogP contribution in [0.3, 0.4) is 0 Å². The van der Waals surface area contributed by atoms with Crippen LogP contribution in [0.1, 0.15) is 51.8 Å². The highest BCUT2D eigenvalue weighted by molar-refractivity contribution is 7.91. The second-order valence-corrected chi connectivity index (χ2v) is 10.7. The molecule has 0 aliphatic carbocycles. The molecule has 34 heavy (non-hydrogen) atoms. The predicted octanol–water partition coefficient (Wildman–Crippen LogP) is 5.94. The fourth-order valence-corrected chi connectivity index (χ4v) is 6.13. The lowest BCUT2D eigenvalue weighted by Gasteiger charge is -2.12. The van der Waals surface area contributed by atoms with E-state index in [1.165, 1.54) is 0 Å². The Labute approximate surface area is 206 Å². The van der Waals surface area contributed by atoms with E-state index < -0.39 is 15.8 Å². The number of carbonyl (C=O) groups is 1. The molecule has 3 rings (SSSR count). The topological polar surface area (TPSA) is 85.6 Å². The fraction of sp³-hybridized carbons (Fsp3) is 0.346. The van der Waals surface area contributed by atoms with Crippen molar-refractivity contribution in [2.45, 2.75) is 63.8 Å². The second-order valence-electron chi connectivity index (χ2n) is 8.44. The number of aromatic carboxylic acids is 1. The summed E-state index contributed by atoms with van der Waals surface area (Å²) in [6.07, 6.45) is 0.791. The third-order valence-electron chi connectivity index (χ3n) is 5.92. The molecule has 0 aliphatic rings. The van der Waals surface area contributed by atoms with E-state index >= 15 is 0 Å². The Bertz CT molecular complexity index is 1300. The molecule has 1 N–H and O–H groups in total. The number of halogens is 1. The Balaban J connectivity index is 1.91. The molecule has 182 valence electrons. The van der Waals surface area contributed by atoms with E-state index in [-0.39, 0.29) is 21.9 Å². The van der Waals surface area contributed by atoms with Crippen LogP contribution in [0.25, 0.3) is 0 Å². The van der Waals surface area contributed by atoms with Gasteiger partial charge in [-0.05, 0) is 75.9 Å². The van der Waals surface area contributed by atoms with Crippen LogP contribution in [0, 0.1) is 27.7 Å². The summed E-state index contributed by atoms with van der Waals surface area (Å²) in [6.45, 7) is 9.80. The molecule has 0 atom stereocenters. The van der Waals surface area contributed by atoms with Gasteiger partial charge in [0.25, 0.3) is 0 Å². The maximum absolute atomic E-state index is 13.5. The molecular weight excluding hydrogens is 474 g/mol. The van der Waals surface area contributed by atoms with Gasteiger partial charge < -0.3 is 14.4 Å². The third kappa shape index (κ3) is 5.00. The van der Waals surface area contributed by atoms with Gasteiger partial charge in [0.2, 0.25) is 9.84 Å². The first-order valence-electron chi connectivity index (χ1n) is 11.2. The Morgan fingerprint density at radius 3 is 2.18 bits per heavy atom. The van der Waals surface area contributed by atoms with Crippen LogP contribution in [0.5, 0.6) is 5.75 Å². The molecule has 1 heterocycles. The minimum atomic E-state index is -3.88. The van der Waals surface area contributed by atoms with Crippen LogP contribution in [0.15, 0.2) is 46.2 Å². The summed E-state index contributed by atoms with van der Waals surface area (Å²) < 4.78 is 34.4. The molecule has 6 nitrogen and oxygen atoms in total. The molecule has 3 aromatic rings. The number of sulfone groups is 1. The van der Waals surface area contributed by atoms with Crippen LogP contribution in [-0.4, -0.2) is 30.7 Å². The number of aryl methyl sites for hydroxylation is 3. The summed E-state index contributed by atoms with van der Waals surface area (Å²) in [7, 11) is -3.88. The van der Waals surface area contributed by atoms with E-state index in [4.69, 9.17) is 16.3 Å². The van der Waals surface area contributed by atoms with Crippen LogP contribution >= 0.6 is 11.6 Å². The van der Waals surface area contributed by atoms with Crippen molar-refractivity contribution in [2.75, 3.05) is 6.61 Å². The van der Waals surface area contributed by atoms with Gasteiger partial charge in [-0.15, -0.1) is 0 Å². The van der Waals surface area contributed by atoms with Crippen LogP contribution < -0.4 is 4.74 Å². The highest BCUT2D eigenvalue weighted by atomic mass is 35.5. The Morgan fingerprint density at radius 2 is 1.65 bits per heavy atom. The number of carboxylic acid groups (broad SMARTS) is 1. The summed E-state index contributed by atoms with van der Waals surface area (Å²) >= 11 is 6.21. The number of benzene rings is 2. The highest BCUT2D eigenvalue weighted by Crippen LogP contribution is 2.33. The molecule has 0 saturated heterocycles. The molecule has 8 heteroatoms. The highest BCUT2D eigenvalue weighted by Gasteiger charge is 2.32. The molecule has 2 aromatic carbocycles. The molecule has 0 spiro atoms. The molecular formula is C26H30ClNO5S. The lowest BCUT2D eigenvalue weighted by molar-refractivity contribution is 0.0682. The molecule has 0 saturated carbocycles. The summed E-state index contributed by atoms with van der Waals surface area (Å²) in [5.74, 6) is -0.450. The molecule has 0 radical (unpaired) electrons. The number of rotatable bonds is 9. The number of hydrogen-bond donors (Lipinski definition) is 1. The summed E-state index contributed by atoms with van der Waals surface area (Å²) in [4.78, 5) is 12.4. The Kier molecular flexibility index (Phi) is 7.78. The van der Waals surface area contributed by atoms with Gasteiger partial charge in [-0.25, -0.2) is 13.2 Å². The number of ether oxygens (including phenoxy) is 1. The van der Waals surface area contributed by atoms with E-state index in [9.17, 15) is 18.3 Å². The van der Waals surface area contributed by atoms with Crippen LogP contribution in [0.4, 0.5) is 0 Å². The van der Waals surface area contributed by atoms with Gasteiger partial charge in [-0.1, -0.05) is 36.2 Å². The van der Waals surface area contributed by atoms with Crippen molar-refractivity contribution < 1.29 is 23.1 Å². The molecule has 0 unspecified atom stereocenters. The van der Waals surface area contributed by atoms with E-state index in [2.05, 4.69) is 0 Å². The van der Waals surface area contributed by atoms with E-state index in [1.807, 2.05) is 32.9 Å². The SMILES string of the molecule is CCc1c(S(=O)(=O)c2ccc(C)cc2)c(C)n(CCCOc2cc(C)c(Cl)c(C)c2)c1C(=O)O. The van der Waals surface area contributed by atoms with Crippen LogP contribution in [0.2, 0.25) is 5.02 Å². The predicted molar refractivity (Wildman–Crippen MR) is 133 cm³/mol. The van der Waals surface area contributed by atoms with Crippen LogP contribution in [-0.2, 0) is 22.8 Å². The summed E-state index contributed by atoms with van der Waals surface area (Å²) in [5.41, 5.74) is 3.56. The lowest BCUT2D eigenvalue weighted by atomic mass is 10.1. The van der Waals surface area contributed by atoms with E-state index in [0.717, 1.165) is 16.7 Å². The molecule has 0 bridgehead atoms. The van der Waals surface area contributed by atoms with Crippen molar-refractivity contribution in [3.8, 4) is 5.75 Å². The first-order chi connectivity index (χ1) is 16.0. The minimum Gasteiger partial charge on any atom is -0.494 e. The van der Waals surface area contributed by atoms with Gasteiger partial charge in [0, 0.05) is 22.8 Å². The van der Waals surface area contributed by atoms with Crippen molar-refractivity contribution >= 4 is 27.4 Å². The quantitative estimate of drug-likeness (QED) is 0.365. The number of nitrogens with zero attached hydrogens (tertiary/aromatic N) is 1. The maximum atomic E-state index is 13.5. The van der Waals surface area contributed by atoms with E-state index in [1.54, 1.807) is 42.7 Å². The largest absolute Gasteiger partial charge is 0.494 e. The third-order valence-corrected chi connectivity index (χ3v) is 8.49. The average Bonchev–Trinajstić information content (AvgIpc) is 3.07. The van der Waals surface area contributed by atoms with E-state index in [0.29, 0.717) is 41.6 Å². The van der Waals surface area contributed by atoms with Gasteiger partial charge in [-0.2, -0.15) is 0 Å². The molecule has 0 fully saturated rings.